The summed E-state index contributed by atoms with van der Waals surface area (Å²) in [6.45, 7) is 0.840. The normalized spacial score (nSPS) is 10.7. The third-order valence-electron chi connectivity index (χ3n) is 3.19. The fraction of sp³-hybridized carbons (Fsp3) is 0.125. The van der Waals surface area contributed by atoms with E-state index in [1.165, 1.54) is 5.56 Å². The SMILES string of the molecule is Sc1ccc(CCNc2ncnc3ccccc23)cc1. The molecule has 0 unspecified atom stereocenters. The minimum atomic E-state index is 0.840. The first kappa shape index (κ1) is 12.9. The van der Waals surface area contributed by atoms with Gasteiger partial charge in [0.25, 0.3) is 0 Å². The summed E-state index contributed by atoms with van der Waals surface area (Å²) in [5, 5.41) is 4.44. The first-order chi connectivity index (χ1) is 9.83. The van der Waals surface area contributed by atoms with Gasteiger partial charge in [0.15, 0.2) is 0 Å². The Kier molecular flexibility index (Phi) is 3.83. The lowest BCUT2D eigenvalue weighted by molar-refractivity contribution is 1.00. The summed E-state index contributed by atoms with van der Waals surface area (Å²) in [6, 6.07) is 16.2. The fourth-order valence-electron chi connectivity index (χ4n) is 2.13. The van der Waals surface area contributed by atoms with Gasteiger partial charge in [0.1, 0.15) is 12.1 Å². The predicted molar refractivity (Wildman–Crippen MR) is 85.4 cm³/mol. The van der Waals surface area contributed by atoms with E-state index < -0.39 is 0 Å². The number of hydrogen-bond acceptors (Lipinski definition) is 4. The number of benzene rings is 2. The van der Waals surface area contributed by atoms with Gasteiger partial charge in [0.2, 0.25) is 0 Å². The van der Waals surface area contributed by atoms with Gasteiger partial charge < -0.3 is 5.32 Å². The largest absolute Gasteiger partial charge is 0.369 e. The Bertz CT molecular complexity index is 705. The Morgan fingerprint density at radius 3 is 2.60 bits per heavy atom. The predicted octanol–water partition coefficient (Wildman–Crippen LogP) is 3.57. The van der Waals surface area contributed by atoms with Gasteiger partial charge in [-0.3, -0.25) is 0 Å². The molecule has 0 amide bonds. The molecule has 1 N–H and O–H groups in total. The standard InChI is InChI=1S/C16H15N3S/c20-13-7-5-12(6-8-13)9-10-17-16-14-3-1-2-4-15(14)18-11-19-16/h1-8,11,20H,9-10H2,(H,17,18,19). The van der Waals surface area contributed by atoms with Crippen LogP contribution in [0.5, 0.6) is 0 Å². The molecule has 0 spiro atoms. The summed E-state index contributed by atoms with van der Waals surface area (Å²) >= 11 is 4.29. The zero-order valence-electron chi connectivity index (χ0n) is 11.0. The summed E-state index contributed by atoms with van der Waals surface area (Å²) in [7, 11) is 0. The van der Waals surface area contributed by atoms with E-state index in [2.05, 4.69) is 40.0 Å². The number of thiol groups is 1. The number of rotatable bonds is 4. The van der Waals surface area contributed by atoms with E-state index in [9.17, 15) is 0 Å². The van der Waals surface area contributed by atoms with E-state index in [0.717, 1.165) is 34.6 Å². The average Bonchev–Trinajstić information content (AvgIpc) is 2.49. The third-order valence-corrected chi connectivity index (χ3v) is 3.48. The molecule has 0 atom stereocenters. The van der Waals surface area contributed by atoms with Crippen molar-refractivity contribution in [2.45, 2.75) is 11.3 Å². The first-order valence-corrected chi connectivity index (χ1v) is 6.99. The summed E-state index contributed by atoms with van der Waals surface area (Å²) in [5.41, 5.74) is 2.25. The molecule has 4 heteroatoms. The lowest BCUT2D eigenvalue weighted by Crippen LogP contribution is -2.07. The highest BCUT2D eigenvalue weighted by molar-refractivity contribution is 7.80. The highest BCUT2D eigenvalue weighted by atomic mass is 32.1. The van der Waals surface area contributed by atoms with Gasteiger partial charge in [-0.15, -0.1) is 12.6 Å². The second-order valence-corrected chi connectivity index (χ2v) is 5.10. The molecule has 1 heterocycles. The molecular formula is C16H15N3S. The van der Waals surface area contributed by atoms with Crippen molar-refractivity contribution >= 4 is 29.3 Å². The number of nitrogens with zero attached hydrogens (tertiary/aromatic N) is 2. The molecule has 0 aliphatic rings. The van der Waals surface area contributed by atoms with Crippen LogP contribution in [0.25, 0.3) is 10.9 Å². The summed E-state index contributed by atoms with van der Waals surface area (Å²) in [5.74, 6) is 0.890. The van der Waals surface area contributed by atoms with Crippen molar-refractivity contribution in [3.8, 4) is 0 Å². The molecule has 0 saturated carbocycles. The van der Waals surface area contributed by atoms with Crippen LogP contribution in [0.1, 0.15) is 5.56 Å². The Morgan fingerprint density at radius 1 is 0.950 bits per heavy atom. The molecule has 0 aliphatic heterocycles. The maximum absolute atomic E-state index is 4.32. The molecule has 0 saturated heterocycles. The Labute approximate surface area is 123 Å². The second-order valence-electron chi connectivity index (χ2n) is 4.58. The number of aromatic nitrogens is 2. The van der Waals surface area contributed by atoms with Crippen molar-refractivity contribution in [2.24, 2.45) is 0 Å². The molecule has 0 aliphatic carbocycles. The Balaban J connectivity index is 1.69. The second kappa shape index (κ2) is 5.92. The van der Waals surface area contributed by atoms with Crippen LogP contribution in [0.3, 0.4) is 0 Å². The van der Waals surface area contributed by atoms with Crippen molar-refractivity contribution in [2.75, 3.05) is 11.9 Å². The van der Waals surface area contributed by atoms with Crippen molar-refractivity contribution in [1.29, 1.82) is 0 Å². The maximum atomic E-state index is 4.32. The summed E-state index contributed by atoms with van der Waals surface area (Å²) in [6.07, 6.45) is 2.55. The van der Waals surface area contributed by atoms with Crippen LogP contribution in [0.2, 0.25) is 0 Å². The number of anilines is 1. The molecule has 0 bridgehead atoms. The van der Waals surface area contributed by atoms with Gasteiger partial charge in [-0.25, -0.2) is 9.97 Å². The molecule has 20 heavy (non-hydrogen) atoms. The van der Waals surface area contributed by atoms with Gasteiger partial charge in [-0.05, 0) is 36.2 Å². The van der Waals surface area contributed by atoms with Crippen molar-refractivity contribution < 1.29 is 0 Å². The molecule has 100 valence electrons. The van der Waals surface area contributed by atoms with E-state index in [0.29, 0.717) is 0 Å². The highest BCUT2D eigenvalue weighted by Crippen LogP contribution is 2.18. The molecular weight excluding hydrogens is 266 g/mol. The zero-order valence-corrected chi connectivity index (χ0v) is 11.8. The zero-order chi connectivity index (χ0) is 13.8. The van der Waals surface area contributed by atoms with Gasteiger partial charge in [-0.1, -0.05) is 24.3 Å². The molecule has 1 aromatic heterocycles. The lowest BCUT2D eigenvalue weighted by Gasteiger charge is -2.08. The number of nitrogens with one attached hydrogen (secondary N) is 1. The Morgan fingerprint density at radius 2 is 1.75 bits per heavy atom. The molecule has 2 aromatic carbocycles. The average molecular weight is 281 g/mol. The van der Waals surface area contributed by atoms with E-state index in [1.807, 2.05) is 36.4 Å². The van der Waals surface area contributed by atoms with E-state index >= 15 is 0 Å². The smallest absolute Gasteiger partial charge is 0.137 e. The molecule has 0 radical (unpaired) electrons. The summed E-state index contributed by atoms with van der Waals surface area (Å²) in [4.78, 5) is 9.57. The van der Waals surface area contributed by atoms with E-state index in [4.69, 9.17) is 0 Å². The quantitative estimate of drug-likeness (QED) is 0.718. The maximum Gasteiger partial charge on any atom is 0.137 e. The fourth-order valence-corrected chi connectivity index (χ4v) is 2.28. The van der Waals surface area contributed by atoms with Gasteiger partial charge in [-0.2, -0.15) is 0 Å². The van der Waals surface area contributed by atoms with Crippen LogP contribution < -0.4 is 5.32 Å². The minimum Gasteiger partial charge on any atom is -0.369 e. The van der Waals surface area contributed by atoms with Gasteiger partial charge >= 0.3 is 0 Å². The van der Waals surface area contributed by atoms with Crippen molar-refractivity contribution in [3.05, 3.63) is 60.4 Å². The van der Waals surface area contributed by atoms with Crippen LogP contribution in [0, 0.1) is 0 Å². The lowest BCUT2D eigenvalue weighted by atomic mass is 10.1. The minimum absolute atomic E-state index is 0.840. The van der Waals surface area contributed by atoms with Crippen molar-refractivity contribution in [3.63, 3.8) is 0 Å². The molecule has 3 rings (SSSR count). The molecule has 3 nitrogen and oxygen atoms in total. The first-order valence-electron chi connectivity index (χ1n) is 6.54. The van der Waals surface area contributed by atoms with Gasteiger partial charge in [0.05, 0.1) is 5.52 Å². The number of hydrogen-bond donors (Lipinski definition) is 2. The van der Waals surface area contributed by atoms with Crippen LogP contribution in [0.4, 0.5) is 5.82 Å². The highest BCUT2D eigenvalue weighted by Gasteiger charge is 2.02. The van der Waals surface area contributed by atoms with Crippen LogP contribution in [-0.4, -0.2) is 16.5 Å². The summed E-state index contributed by atoms with van der Waals surface area (Å²) < 4.78 is 0. The van der Waals surface area contributed by atoms with Crippen LogP contribution in [-0.2, 0) is 6.42 Å². The van der Waals surface area contributed by atoms with Gasteiger partial charge in [0, 0.05) is 16.8 Å². The monoisotopic (exact) mass is 281 g/mol. The Hall–Kier alpha value is -2.07. The topological polar surface area (TPSA) is 37.8 Å². The number of fused-ring (bicyclic) bond motifs is 1. The molecule has 0 fully saturated rings. The van der Waals surface area contributed by atoms with E-state index in [1.54, 1.807) is 6.33 Å². The van der Waals surface area contributed by atoms with Crippen LogP contribution in [0.15, 0.2) is 59.8 Å². The van der Waals surface area contributed by atoms with Crippen molar-refractivity contribution in [1.82, 2.24) is 9.97 Å². The molecule has 3 aromatic rings. The third kappa shape index (κ3) is 2.91. The van der Waals surface area contributed by atoms with E-state index in [-0.39, 0.29) is 0 Å². The van der Waals surface area contributed by atoms with Crippen LogP contribution >= 0.6 is 12.6 Å². The number of para-hydroxylation sites is 1.